The molecule has 5 heteroatoms. The summed E-state index contributed by atoms with van der Waals surface area (Å²) in [5, 5.41) is 2.86. The van der Waals surface area contributed by atoms with Gasteiger partial charge in [-0.25, -0.2) is 0 Å². The molecule has 0 saturated heterocycles. The first kappa shape index (κ1) is 14.5. The quantitative estimate of drug-likeness (QED) is 0.813. The van der Waals surface area contributed by atoms with E-state index in [2.05, 4.69) is 10.1 Å². The van der Waals surface area contributed by atoms with Gasteiger partial charge in [0.05, 0.1) is 0 Å². The Morgan fingerprint density at radius 3 is 2.75 bits per heavy atom. The molecular weight excluding hydrogens is 264 g/mol. The molecule has 1 aromatic rings. The number of hydrogen-bond acceptors (Lipinski definition) is 2. The molecule has 0 radical (unpaired) electrons. The molecule has 1 fully saturated rings. The van der Waals surface area contributed by atoms with Crippen molar-refractivity contribution in [2.75, 3.05) is 0 Å². The summed E-state index contributed by atoms with van der Waals surface area (Å²) >= 11 is 0. The van der Waals surface area contributed by atoms with Crippen LogP contribution in [0.5, 0.6) is 5.75 Å². The van der Waals surface area contributed by atoms with Crippen LogP contribution in [0.4, 0.5) is 8.78 Å². The highest BCUT2D eigenvalue weighted by Crippen LogP contribution is 2.32. The lowest BCUT2D eigenvalue weighted by Crippen LogP contribution is -2.32. The number of carbonyl (C=O) groups excluding carboxylic acids is 1. The highest BCUT2D eigenvalue weighted by Gasteiger charge is 2.28. The molecule has 108 valence electrons. The second-order valence-electron chi connectivity index (χ2n) is 4.88. The Balaban J connectivity index is 1.97. The van der Waals surface area contributed by atoms with Crippen LogP contribution in [0.2, 0.25) is 0 Å². The fraction of sp³-hybridized carbons (Fsp3) is 0.400. The number of amides is 1. The molecule has 1 unspecified atom stereocenters. The number of carbonyl (C=O) groups is 1. The van der Waals surface area contributed by atoms with Crippen molar-refractivity contribution in [1.29, 1.82) is 0 Å². The zero-order chi connectivity index (χ0) is 14.5. The van der Waals surface area contributed by atoms with Crippen LogP contribution in [0.25, 0.3) is 6.08 Å². The Hall–Kier alpha value is -1.91. The van der Waals surface area contributed by atoms with Gasteiger partial charge in [0.2, 0.25) is 5.91 Å². The van der Waals surface area contributed by atoms with Crippen molar-refractivity contribution < 1.29 is 18.3 Å². The van der Waals surface area contributed by atoms with E-state index in [1.54, 1.807) is 18.2 Å². The van der Waals surface area contributed by atoms with Crippen molar-refractivity contribution in [3.8, 4) is 5.75 Å². The van der Waals surface area contributed by atoms with Gasteiger partial charge in [-0.2, -0.15) is 8.78 Å². The van der Waals surface area contributed by atoms with E-state index in [-0.39, 0.29) is 17.7 Å². The van der Waals surface area contributed by atoms with E-state index in [9.17, 15) is 13.6 Å². The van der Waals surface area contributed by atoms with Crippen LogP contribution < -0.4 is 10.1 Å². The topological polar surface area (TPSA) is 38.3 Å². The SMILES string of the molecule is CC(NC(=O)/C=C/c1ccccc1OC(F)F)C1CC1. The maximum atomic E-state index is 12.2. The highest BCUT2D eigenvalue weighted by molar-refractivity contribution is 5.92. The predicted octanol–water partition coefficient (Wildman–Crippen LogP) is 3.22. The third-order valence-electron chi connectivity index (χ3n) is 3.25. The van der Waals surface area contributed by atoms with Crippen molar-refractivity contribution in [3.05, 3.63) is 35.9 Å². The number of alkyl halides is 2. The number of rotatable bonds is 6. The molecule has 1 N–H and O–H groups in total. The van der Waals surface area contributed by atoms with Crippen LogP contribution in [0.3, 0.4) is 0 Å². The number of hydrogen-bond donors (Lipinski definition) is 1. The molecule has 1 atom stereocenters. The number of nitrogens with one attached hydrogen (secondary N) is 1. The second kappa shape index (κ2) is 6.50. The van der Waals surface area contributed by atoms with Crippen molar-refractivity contribution in [1.82, 2.24) is 5.32 Å². The Morgan fingerprint density at radius 2 is 2.10 bits per heavy atom. The standard InChI is InChI=1S/C15H17F2NO2/c1-10(11-6-7-11)18-14(19)9-8-12-4-2-3-5-13(12)20-15(16)17/h2-5,8-11,15H,6-7H2,1H3,(H,18,19)/b9-8+. The zero-order valence-electron chi connectivity index (χ0n) is 11.2. The third kappa shape index (κ3) is 4.33. The monoisotopic (exact) mass is 281 g/mol. The van der Waals surface area contributed by atoms with Gasteiger partial charge < -0.3 is 10.1 Å². The van der Waals surface area contributed by atoms with Gasteiger partial charge in [-0.15, -0.1) is 0 Å². The van der Waals surface area contributed by atoms with E-state index in [4.69, 9.17) is 0 Å². The van der Waals surface area contributed by atoms with Gasteiger partial charge in [0.1, 0.15) is 5.75 Å². The van der Waals surface area contributed by atoms with Crippen LogP contribution in [0.1, 0.15) is 25.3 Å². The average molecular weight is 281 g/mol. The fourth-order valence-electron chi connectivity index (χ4n) is 1.97. The molecule has 0 spiro atoms. The maximum absolute atomic E-state index is 12.2. The minimum absolute atomic E-state index is 0.0572. The highest BCUT2D eigenvalue weighted by atomic mass is 19.3. The van der Waals surface area contributed by atoms with Crippen LogP contribution in [0, 0.1) is 5.92 Å². The zero-order valence-corrected chi connectivity index (χ0v) is 11.2. The first-order valence-electron chi connectivity index (χ1n) is 6.58. The molecule has 2 rings (SSSR count). The maximum Gasteiger partial charge on any atom is 0.387 e. The lowest BCUT2D eigenvalue weighted by molar-refractivity contribution is -0.117. The summed E-state index contributed by atoms with van der Waals surface area (Å²) in [4.78, 5) is 11.7. The summed E-state index contributed by atoms with van der Waals surface area (Å²) in [5.41, 5.74) is 0.446. The van der Waals surface area contributed by atoms with Crippen molar-refractivity contribution in [3.63, 3.8) is 0 Å². The first-order chi connectivity index (χ1) is 9.56. The van der Waals surface area contributed by atoms with Gasteiger partial charge >= 0.3 is 6.61 Å². The minimum atomic E-state index is -2.88. The van der Waals surface area contributed by atoms with Crippen LogP contribution in [-0.4, -0.2) is 18.6 Å². The van der Waals surface area contributed by atoms with Gasteiger partial charge in [0, 0.05) is 17.7 Å². The van der Waals surface area contributed by atoms with Crippen LogP contribution in [-0.2, 0) is 4.79 Å². The predicted molar refractivity (Wildman–Crippen MR) is 72.4 cm³/mol. The van der Waals surface area contributed by atoms with E-state index in [0.717, 1.165) is 12.8 Å². The van der Waals surface area contributed by atoms with Gasteiger partial charge in [-0.05, 0) is 37.8 Å². The Kier molecular flexibility index (Phi) is 4.71. The molecular formula is C15H17F2NO2. The molecule has 1 aliphatic carbocycles. The molecule has 3 nitrogen and oxygen atoms in total. The Labute approximate surface area is 116 Å². The van der Waals surface area contributed by atoms with Gasteiger partial charge in [0.15, 0.2) is 0 Å². The third-order valence-corrected chi connectivity index (χ3v) is 3.25. The lowest BCUT2D eigenvalue weighted by atomic mass is 10.2. The largest absolute Gasteiger partial charge is 0.434 e. The molecule has 1 aromatic carbocycles. The normalized spacial score (nSPS) is 16.4. The van der Waals surface area contributed by atoms with Gasteiger partial charge in [-0.1, -0.05) is 18.2 Å². The van der Waals surface area contributed by atoms with E-state index in [1.165, 1.54) is 18.2 Å². The molecule has 0 aromatic heterocycles. The minimum Gasteiger partial charge on any atom is -0.434 e. The molecule has 20 heavy (non-hydrogen) atoms. The second-order valence-corrected chi connectivity index (χ2v) is 4.88. The molecule has 0 heterocycles. The Bertz CT molecular complexity index is 498. The lowest BCUT2D eigenvalue weighted by Gasteiger charge is -2.10. The summed E-state index contributed by atoms with van der Waals surface area (Å²) < 4.78 is 28.9. The van der Waals surface area contributed by atoms with Gasteiger partial charge in [-0.3, -0.25) is 4.79 Å². The van der Waals surface area contributed by atoms with Crippen molar-refractivity contribution in [2.45, 2.75) is 32.4 Å². The summed E-state index contributed by atoms with van der Waals surface area (Å²) in [7, 11) is 0. The number of benzene rings is 1. The van der Waals surface area contributed by atoms with Crippen molar-refractivity contribution in [2.24, 2.45) is 5.92 Å². The van der Waals surface area contributed by atoms with Crippen LogP contribution >= 0.6 is 0 Å². The number of halogens is 2. The van der Waals surface area contributed by atoms with Gasteiger partial charge in [0.25, 0.3) is 0 Å². The number of ether oxygens (including phenoxy) is 1. The number of para-hydroxylation sites is 1. The molecule has 0 bridgehead atoms. The molecule has 1 aliphatic rings. The van der Waals surface area contributed by atoms with E-state index in [0.29, 0.717) is 11.5 Å². The first-order valence-corrected chi connectivity index (χ1v) is 6.58. The van der Waals surface area contributed by atoms with E-state index < -0.39 is 6.61 Å². The van der Waals surface area contributed by atoms with E-state index >= 15 is 0 Å². The summed E-state index contributed by atoms with van der Waals surface area (Å²) in [5.74, 6) is 0.403. The molecule has 1 amide bonds. The summed E-state index contributed by atoms with van der Waals surface area (Å²) in [6.07, 6.45) is 5.12. The smallest absolute Gasteiger partial charge is 0.387 e. The Morgan fingerprint density at radius 1 is 1.40 bits per heavy atom. The van der Waals surface area contributed by atoms with E-state index in [1.807, 2.05) is 6.92 Å². The van der Waals surface area contributed by atoms with Crippen molar-refractivity contribution >= 4 is 12.0 Å². The molecule has 0 aliphatic heterocycles. The summed E-state index contributed by atoms with van der Waals surface area (Å²) in [6.45, 7) is -0.912. The van der Waals surface area contributed by atoms with Crippen LogP contribution in [0.15, 0.2) is 30.3 Å². The average Bonchev–Trinajstić information content (AvgIpc) is 3.21. The summed E-state index contributed by atoms with van der Waals surface area (Å²) in [6, 6.07) is 6.51. The fourth-order valence-corrected chi connectivity index (χ4v) is 1.97. The molecule has 1 saturated carbocycles.